The van der Waals surface area contributed by atoms with Gasteiger partial charge in [-0.15, -0.1) is 0 Å². The molecule has 0 aliphatic carbocycles. The van der Waals surface area contributed by atoms with Crippen LogP contribution in [0.4, 0.5) is 5.69 Å². The Hall–Kier alpha value is -2.55. The molecule has 2 rings (SSSR count). The van der Waals surface area contributed by atoms with Crippen LogP contribution in [-0.4, -0.2) is 19.1 Å². The number of rotatable bonds is 10. The van der Waals surface area contributed by atoms with Gasteiger partial charge in [0, 0.05) is 18.7 Å². The molecule has 0 unspecified atom stereocenters. The molecule has 3 heteroatoms. The summed E-state index contributed by atoms with van der Waals surface area (Å²) in [6.45, 7) is 7.43. The highest BCUT2D eigenvalue weighted by atomic mass is 16.5. The second-order valence-electron chi connectivity index (χ2n) is 6.77. The fourth-order valence-corrected chi connectivity index (χ4v) is 3.00. The normalized spacial score (nSPS) is 11.3. The largest absolute Gasteiger partial charge is 0.494 e. The van der Waals surface area contributed by atoms with Crippen molar-refractivity contribution in [3.8, 4) is 5.75 Å². The molecule has 0 bridgehead atoms. The second-order valence-corrected chi connectivity index (χ2v) is 6.77. The van der Waals surface area contributed by atoms with Crippen molar-refractivity contribution in [2.75, 3.05) is 18.1 Å². The first-order chi connectivity index (χ1) is 13.1. The van der Waals surface area contributed by atoms with E-state index in [0.717, 1.165) is 41.8 Å². The van der Waals surface area contributed by atoms with Crippen LogP contribution in [0.1, 0.15) is 52.0 Å². The summed E-state index contributed by atoms with van der Waals surface area (Å²) in [5.41, 5.74) is 3.22. The molecule has 0 aliphatic heterocycles. The smallest absolute Gasteiger partial charge is 0.227 e. The van der Waals surface area contributed by atoms with Crippen molar-refractivity contribution in [1.82, 2.24) is 0 Å². The van der Waals surface area contributed by atoms with E-state index in [-0.39, 0.29) is 5.91 Å². The van der Waals surface area contributed by atoms with E-state index in [4.69, 9.17) is 4.74 Å². The summed E-state index contributed by atoms with van der Waals surface area (Å²) in [7, 11) is 0. The van der Waals surface area contributed by atoms with Crippen molar-refractivity contribution in [1.29, 1.82) is 0 Å². The molecular formula is C24H31NO2. The van der Waals surface area contributed by atoms with Crippen LogP contribution in [0.15, 0.2) is 60.2 Å². The predicted octanol–water partition coefficient (Wildman–Crippen LogP) is 6.10. The number of carbonyl (C=O) groups excluding carboxylic acids is 1. The van der Waals surface area contributed by atoms with Crippen LogP contribution in [-0.2, 0) is 4.79 Å². The number of amides is 1. The molecule has 0 radical (unpaired) electrons. The zero-order valence-electron chi connectivity index (χ0n) is 16.8. The molecule has 0 spiro atoms. The van der Waals surface area contributed by atoms with Crippen molar-refractivity contribution in [3.63, 3.8) is 0 Å². The van der Waals surface area contributed by atoms with Gasteiger partial charge in [-0.1, -0.05) is 61.7 Å². The molecule has 0 saturated heterocycles. The fourth-order valence-electron chi connectivity index (χ4n) is 3.00. The maximum atomic E-state index is 12.9. The highest BCUT2D eigenvalue weighted by molar-refractivity contribution is 5.94. The molecule has 2 aromatic rings. The molecular weight excluding hydrogens is 334 g/mol. The maximum Gasteiger partial charge on any atom is 0.227 e. The Labute approximate surface area is 163 Å². The molecule has 0 heterocycles. The Balaban J connectivity index is 2.18. The van der Waals surface area contributed by atoms with Crippen molar-refractivity contribution in [2.24, 2.45) is 0 Å². The summed E-state index contributed by atoms with van der Waals surface area (Å²) in [6.07, 6.45) is 5.86. The third-order valence-corrected chi connectivity index (χ3v) is 4.37. The van der Waals surface area contributed by atoms with Crippen LogP contribution < -0.4 is 9.64 Å². The number of nitrogens with zero attached hydrogens (tertiary/aromatic N) is 1. The topological polar surface area (TPSA) is 29.5 Å². The summed E-state index contributed by atoms with van der Waals surface area (Å²) in [5.74, 6) is 1.00. The van der Waals surface area contributed by atoms with E-state index >= 15 is 0 Å². The first kappa shape index (κ1) is 20.8. The van der Waals surface area contributed by atoms with Gasteiger partial charge in [0.15, 0.2) is 0 Å². The number of hydrogen-bond acceptors (Lipinski definition) is 2. The number of anilines is 1. The lowest BCUT2D eigenvalue weighted by atomic mass is 10.1. The molecule has 0 aliphatic rings. The minimum Gasteiger partial charge on any atom is -0.494 e. The molecule has 3 nitrogen and oxygen atoms in total. The molecule has 0 saturated carbocycles. The standard InChI is InChI=1S/C24H31NO2/c1-4-6-8-13-24(26)25(22-14-16-23(17-15-22)27-5-2)19-20(3)18-21-11-9-7-10-12-21/h7,9-12,14-18H,4-6,8,13,19H2,1-3H3/b20-18+. The van der Waals surface area contributed by atoms with Crippen LogP contribution >= 0.6 is 0 Å². The Morgan fingerprint density at radius 3 is 2.33 bits per heavy atom. The predicted molar refractivity (Wildman–Crippen MR) is 114 cm³/mol. The van der Waals surface area contributed by atoms with Crippen LogP contribution in [0, 0.1) is 0 Å². The van der Waals surface area contributed by atoms with Gasteiger partial charge in [-0.05, 0) is 50.1 Å². The summed E-state index contributed by atoms with van der Waals surface area (Å²) >= 11 is 0. The number of unbranched alkanes of at least 4 members (excludes halogenated alkanes) is 2. The maximum absolute atomic E-state index is 12.9. The first-order valence-electron chi connectivity index (χ1n) is 9.89. The molecule has 1 amide bonds. The quantitative estimate of drug-likeness (QED) is 0.476. The lowest BCUT2D eigenvalue weighted by molar-refractivity contribution is -0.118. The number of carbonyl (C=O) groups is 1. The van der Waals surface area contributed by atoms with E-state index in [9.17, 15) is 4.79 Å². The van der Waals surface area contributed by atoms with E-state index < -0.39 is 0 Å². The van der Waals surface area contributed by atoms with Crippen LogP contribution in [0.5, 0.6) is 5.75 Å². The third kappa shape index (κ3) is 6.93. The molecule has 27 heavy (non-hydrogen) atoms. The highest BCUT2D eigenvalue weighted by Crippen LogP contribution is 2.22. The average molecular weight is 366 g/mol. The van der Waals surface area contributed by atoms with Crippen molar-refractivity contribution in [2.45, 2.75) is 46.5 Å². The van der Waals surface area contributed by atoms with Crippen molar-refractivity contribution >= 4 is 17.7 Å². The molecule has 144 valence electrons. The molecule has 2 aromatic carbocycles. The Morgan fingerprint density at radius 2 is 1.70 bits per heavy atom. The van der Waals surface area contributed by atoms with Gasteiger partial charge >= 0.3 is 0 Å². The van der Waals surface area contributed by atoms with E-state index in [1.54, 1.807) is 0 Å². The second kappa shape index (κ2) is 11.2. The number of benzene rings is 2. The van der Waals surface area contributed by atoms with Crippen LogP contribution in [0.2, 0.25) is 0 Å². The third-order valence-electron chi connectivity index (χ3n) is 4.37. The minimum absolute atomic E-state index is 0.174. The lowest BCUT2D eigenvalue weighted by Gasteiger charge is -2.24. The van der Waals surface area contributed by atoms with Gasteiger partial charge in [-0.3, -0.25) is 4.79 Å². The Kier molecular flexibility index (Phi) is 8.63. The van der Waals surface area contributed by atoms with Crippen LogP contribution in [0.25, 0.3) is 6.08 Å². The monoisotopic (exact) mass is 365 g/mol. The molecule has 0 atom stereocenters. The summed E-state index contributed by atoms with van der Waals surface area (Å²) < 4.78 is 5.53. The van der Waals surface area contributed by atoms with Crippen LogP contribution in [0.3, 0.4) is 0 Å². The van der Waals surface area contributed by atoms with Gasteiger partial charge in [-0.25, -0.2) is 0 Å². The zero-order chi connectivity index (χ0) is 19.5. The minimum atomic E-state index is 0.174. The number of hydrogen-bond donors (Lipinski definition) is 0. The Morgan fingerprint density at radius 1 is 1.00 bits per heavy atom. The summed E-state index contributed by atoms with van der Waals surface area (Å²) in [6, 6.07) is 18.0. The van der Waals surface area contributed by atoms with Gasteiger partial charge < -0.3 is 9.64 Å². The van der Waals surface area contributed by atoms with E-state index in [0.29, 0.717) is 19.6 Å². The van der Waals surface area contributed by atoms with E-state index in [1.807, 2.05) is 54.3 Å². The Bertz CT molecular complexity index is 720. The lowest BCUT2D eigenvalue weighted by Crippen LogP contribution is -2.32. The average Bonchev–Trinajstić information content (AvgIpc) is 2.68. The summed E-state index contributed by atoms with van der Waals surface area (Å²) in [5, 5.41) is 0. The SMILES string of the molecule is CCCCCC(=O)N(C/C(C)=C/c1ccccc1)c1ccc(OCC)cc1. The van der Waals surface area contributed by atoms with Gasteiger partial charge in [0.05, 0.1) is 6.61 Å². The van der Waals surface area contributed by atoms with Gasteiger partial charge in [0.1, 0.15) is 5.75 Å². The van der Waals surface area contributed by atoms with Gasteiger partial charge in [-0.2, -0.15) is 0 Å². The molecule has 0 N–H and O–H groups in total. The van der Waals surface area contributed by atoms with Crippen molar-refractivity contribution in [3.05, 3.63) is 65.7 Å². The van der Waals surface area contributed by atoms with Gasteiger partial charge in [0.2, 0.25) is 5.91 Å². The molecule has 0 fully saturated rings. The van der Waals surface area contributed by atoms with Gasteiger partial charge in [0.25, 0.3) is 0 Å². The molecule has 0 aromatic heterocycles. The highest BCUT2D eigenvalue weighted by Gasteiger charge is 2.16. The first-order valence-corrected chi connectivity index (χ1v) is 9.89. The van der Waals surface area contributed by atoms with E-state index in [1.165, 1.54) is 0 Å². The van der Waals surface area contributed by atoms with Crippen molar-refractivity contribution < 1.29 is 9.53 Å². The fraction of sp³-hybridized carbons (Fsp3) is 0.375. The summed E-state index contributed by atoms with van der Waals surface area (Å²) in [4.78, 5) is 14.8. The number of ether oxygens (including phenoxy) is 1. The van der Waals surface area contributed by atoms with E-state index in [2.05, 4.69) is 32.1 Å². The zero-order valence-corrected chi connectivity index (χ0v) is 16.8.